The molecule has 0 saturated carbocycles. The molecule has 2 aromatic carbocycles. The first-order valence-corrected chi connectivity index (χ1v) is 10.4. The second kappa shape index (κ2) is 7.38. The van der Waals surface area contributed by atoms with Crippen LogP contribution < -0.4 is 4.90 Å². The molecule has 1 fully saturated rings. The average Bonchev–Trinajstić information content (AvgIpc) is 3.43. The number of imide groups is 1. The maximum atomic E-state index is 13.1. The molecule has 2 amide bonds. The van der Waals surface area contributed by atoms with Crippen LogP contribution in [0.4, 0.5) is 5.69 Å². The van der Waals surface area contributed by atoms with Crippen LogP contribution in [-0.4, -0.2) is 39.0 Å². The second-order valence-corrected chi connectivity index (χ2v) is 8.32. The lowest BCUT2D eigenvalue weighted by molar-refractivity contribution is -0.123. The van der Waals surface area contributed by atoms with Gasteiger partial charge in [0.15, 0.2) is 12.1 Å². The van der Waals surface area contributed by atoms with E-state index in [0.29, 0.717) is 11.5 Å². The van der Waals surface area contributed by atoms with E-state index in [4.69, 9.17) is 4.52 Å². The predicted molar refractivity (Wildman–Crippen MR) is 114 cm³/mol. The smallest absolute Gasteiger partial charge is 0.263 e. The van der Waals surface area contributed by atoms with Gasteiger partial charge >= 0.3 is 0 Å². The van der Waals surface area contributed by atoms with Gasteiger partial charge in [-0.3, -0.25) is 14.6 Å². The third kappa shape index (κ3) is 3.23. The van der Waals surface area contributed by atoms with Crippen molar-refractivity contribution in [3.8, 4) is 11.4 Å². The van der Waals surface area contributed by atoms with Crippen LogP contribution in [0.1, 0.15) is 17.0 Å². The van der Waals surface area contributed by atoms with Gasteiger partial charge in [0.25, 0.3) is 11.8 Å². The van der Waals surface area contributed by atoms with Crippen LogP contribution in [0.25, 0.3) is 11.4 Å². The van der Waals surface area contributed by atoms with Gasteiger partial charge in [0.05, 0.1) is 5.69 Å². The highest BCUT2D eigenvalue weighted by Gasteiger charge is 2.55. The van der Waals surface area contributed by atoms with Gasteiger partial charge in [-0.05, 0) is 49.2 Å². The summed E-state index contributed by atoms with van der Waals surface area (Å²) in [5, 5.41) is 13.5. The fourth-order valence-corrected chi connectivity index (χ4v) is 4.14. The molecule has 0 aliphatic carbocycles. The van der Waals surface area contributed by atoms with Crippen LogP contribution in [0.3, 0.4) is 0 Å². The first-order valence-electron chi connectivity index (χ1n) is 9.64. The summed E-state index contributed by atoms with van der Waals surface area (Å²) >= 11 is 3.47. The zero-order valence-electron chi connectivity index (χ0n) is 16.7. The highest BCUT2D eigenvalue weighted by Crippen LogP contribution is 2.33. The standard InChI is InChI=1S/C21H17BrN6O3/c1-11-7-8-13(9-12(11)2)28-20(29)17-18(21(28)30)27(26-24-17)10-16-23-19(25-31-16)14-5-3-4-6-15(14)22/h3-9,17-18H,10H2,1-2H3/t17-,18+/m1/s1. The molecule has 0 N–H and O–H groups in total. The number of anilines is 1. The molecule has 9 nitrogen and oxygen atoms in total. The summed E-state index contributed by atoms with van der Waals surface area (Å²) in [6.07, 6.45) is 0. The molecule has 1 saturated heterocycles. The van der Waals surface area contributed by atoms with Crippen molar-refractivity contribution in [2.24, 2.45) is 10.3 Å². The summed E-state index contributed by atoms with van der Waals surface area (Å²) in [4.78, 5) is 31.6. The first-order chi connectivity index (χ1) is 14.9. The number of amides is 2. The summed E-state index contributed by atoms with van der Waals surface area (Å²) < 4.78 is 6.19. The largest absolute Gasteiger partial charge is 0.337 e. The van der Waals surface area contributed by atoms with Crippen molar-refractivity contribution in [1.29, 1.82) is 0 Å². The molecule has 2 atom stereocenters. The zero-order chi connectivity index (χ0) is 21.7. The van der Waals surface area contributed by atoms with Gasteiger partial charge in [-0.2, -0.15) is 10.1 Å². The van der Waals surface area contributed by atoms with Crippen LogP contribution >= 0.6 is 15.9 Å². The van der Waals surface area contributed by atoms with Crippen molar-refractivity contribution < 1.29 is 14.1 Å². The lowest BCUT2D eigenvalue weighted by atomic mass is 10.1. The van der Waals surface area contributed by atoms with Gasteiger partial charge in [0, 0.05) is 10.0 Å². The molecule has 1 aromatic heterocycles. The SMILES string of the molecule is Cc1ccc(N2C(=O)[C@@H]3[C@@H](N=NN3Cc3nc(-c4ccccc4Br)no3)C2=O)cc1C. The highest BCUT2D eigenvalue weighted by atomic mass is 79.9. The molecule has 3 heterocycles. The Bertz CT molecular complexity index is 1240. The Balaban J connectivity index is 1.38. The molecule has 0 bridgehead atoms. The van der Waals surface area contributed by atoms with Gasteiger partial charge in [-0.15, -0.1) is 0 Å². The van der Waals surface area contributed by atoms with Crippen LogP contribution in [0.15, 0.2) is 61.8 Å². The normalized spacial score (nSPS) is 20.1. The minimum atomic E-state index is -0.875. The van der Waals surface area contributed by atoms with Crippen molar-refractivity contribution in [1.82, 2.24) is 15.1 Å². The van der Waals surface area contributed by atoms with E-state index in [-0.39, 0.29) is 24.2 Å². The predicted octanol–water partition coefficient (Wildman–Crippen LogP) is 3.61. The number of rotatable bonds is 4. The van der Waals surface area contributed by atoms with Crippen molar-refractivity contribution >= 4 is 33.4 Å². The van der Waals surface area contributed by atoms with Crippen LogP contribution in [-0.2, 0) is 16.1 Å². The minimum Gasteiger partial charge on any atom is -0.337 e. The van der Waals surface area contributed by atoms with E-state index in [2.05, 4.69) is 36.4 Å². The van der Waals surface area contributed by atoms with E-state index < -0.39 is 12.1 Å². The summed E-state index contributed by atoms with van der Waals surface area (Å²) in [5.41, 5.74) is 3.41. The summed E-state index contributed by atoms with van der Waals surface area (Å²) in [7, 11) is 0. The molecular formula is C21H17BrN6O3. The summed E-state index contributed by atoms with van der Waals surface area (Å²) in [5.74, 6) is -0.0614. The molecule has 0 radical (unpaired) electrons. The first kappa shape index (κ1) is 19.6. The monoisotopic (exact) mass is 480 g/mol. The average molecular weight is 481 g/mol. The third-order valence-corrected chi connectivity index (χ3v) is 6.18. The molecule has 3 aromatic rings. The number of aryl methyl sites for hydroxylation is 2. The zero-order valence-corrected chi connectivity index (χ0v) is 18.3. The molecule has 31 heavy (non-hydrogen) atoms. The number of aromatic nitrogens is 2. The fourth-order valence-electron chi connectivity index (χ4n) is 3.68. The molecule has 5 rings (SSSR count). The van der Waals surface area contributed by atoms with Gasteiger partial charge in [-0.25, -0.2) is 4.90 Å². The number of benzene rings is 2. The van der Waals surface area contributed by atoms with Crippen molar-refractivity contribution in [2.45, 2.75) is 32.5 Å². The molecule has 10 heteroatoms. The topological polar surface area (TPSA) is 104 Å². The minimum absolute atomic E-state index is 0.0713. The van der Waals surface area contributed by atoms with E-state index in [1.165, 1.54) is 9.91 Å². The highest BCUT2D eigenvalue weighted by molar-refractivity contribution is 9.10. The van der Waals surface area contributed by atoms with E-state index >= 15 is 0 Å². The Morgan fingerprint density at radius 1 is 1.06 bits per heavy atom. The van der Waals surface area contributed by atoms with E-state index in [1.54, 1.807) is 6.07 Å². The molecule has 2 aliphatic heterocycles. The Hall–Kier alpha value is -3.40. The van der Waals surface area contributed by atoms with Crippen LogP contribution in [0, 0.1) is 13.8 Å². The lowest BCUT2D eigenvalue weighted by Crippen LogP contribution is -2.39. The number of hydrogen-bond donors (Lipinski definition) is 0. The number of nitrogens with zero attached hydrogens (tertiary/aromatic N) is 6. The Morgan fingerprint density at radius 3 is 2.65 bits per heavy atom. The number of carbonyl (C=O) groups is 2. The van der Waals surface area contributed by atoms with E-state index in [9.17, 15) is 9.59 Å². The van der Waals surface area contributed by atoms with Crippen molar-refractivity contribution in [2.75, 3.05) is 4.90 Å². The van der Waals surface area contributed by atoms with Gasteiger partial charge in [-0.1, -0.05) is 44.5 Å². The molecule has 0 unspecified atom stereocenters. The number of halogens is 1. The van der Waals surface area contributed by atoms with Crippen molar-refractivity contribution in [3.05, 3.63) is 64.0 Å². The maximum Gasteiger partial charge on any atom is 0.263 e. The van der Waals surface area contributed by atoms with Gasteiger partial charge < -0.3 is 4.52 Å². The number of hydrogen-bond acceptors (Lipinski definition) is 8. The number of fused-ring (bicyclic) bond motifs is 1. The second-order valence-electron chi connectivity index (χ2n) is 7.46. The van der Waals surface area contributed by atoms with Gasteiger partial charge in [0.1, 0.15) is 6.54 Å². The van der Waals surface area contributed by atoms with E-state index in [1.807, 2.05) is 50.2 Å². The molecule has 0 spiro atoms. The molecular weight excluding hydrogens is 464 g/mol. The van der Waals surface area contributed by atoms with Crippen LogP contribution in [0.5, 0.6) is 0 Å². The lowest BCUT2D eigenvalue weighted by Gasteiger charge is -2.19. The summed E-state index contributed by atoms with van der Waals surface area (Å²) in [6.45, 7) is 3.99. The molecule has 156 valence electrons. The molecule has 2 aliphatic rings. The Morgan fingerprint density at radius 2 is 1.87 bits per heavy atom. The fraction of sp³-hybridized carbons (Fsp3) is 0.238. The maximum absolute atomic E-state index is 13.1. The Labute approximate surface area is 185 Å². The third-order valence-electron chi connectivity index (χ3n) is 5.49. The van der Waals surface area contributed by atoms with E-state index in [0.717, 1.165) is 21.2 Å². The van der Waals surface area contributed by atoms with Crippen LogP contribution in [0.2, 0.25) is 0 Å². The quantitative estimate of drug-likeness (QED) is 0.528. The van der Waals surface area contributed by atoms with Crippen molar-refractivity contribution in [3.63, 3.8) is 0 Å². The van der Waals surface area contributed by atoms with Gasteiger partial charge in [0.2, 0.25) is 11.7 Å². The Kier molecular flexibility index (Phi) is 4.66. The summed E-state index contributed by atoms with van der Waals surface area (Å²) in [6, 6.07) is 11.3. The number of carbonyl (C=O) groups excluding carboxylic acids is 2.